The van der Waals surface area contributed by atoms with Crippen LogP contribution in [-0.4, -0.2) is 22.5 Å². The Bertz CT molecular complexity index is 750. The number of carbonyl (C=O) groups is 1. The molecule has 0 spiro atoms. The fourth-order valence-electron chi connectivity index (χ4n) is 3.43. The molecule has 1 aromatic carbocycles. The van der Waals surface area contributed by atoms with Crippen molar-refractivity contribution in [1.29, 1.82) is 0 Å². The van der Waals surface area contributed by atoms with Crippen LogP contribution in [0.15, 0.2) is 53.2 Å². The SMILES string of the molecule is O=C1NCCC(c2ccc(O)cc2)C2=C1SC(c1cc[nH]c1)C2. The number of phenols is 1. The minimum atomic E-state index is 0.0596. The van der Waals surface area contributed by atoms with E-state index in [1.165, 1.54) is 16.7 Å². The van der Waals surface area contributed by atoms with Crippen molar-refractivity contribution in [3.63, 3.8) is 0 Å². The number of hydrogen-bond donors (Lipinski definition) is 3. The highest BCUT2D eigenvalue weighted by Gasteiger charge is 2.36. The summed E-state index contributed by atoms with van der Waals surface area (Å²) in [6.45, 7) is 0.687. The van der Waals surface area contributed by atoms with E-state index in [9.17, 15) is 9.90 Å². The van der Waals surface area contributed by atoms with Crippen molar-refractivity contribution >= 4 is 17.7 Å². The Balaban J connectivity index is 1.69. The first kappa shape index (κ1) is 14.5. The van der Waals surface area contributed by atoms with E-state index in [2.05, 4.69) is 16.4 Å². The molecule has 2 unspecified atom stereocenters. The Kier molecular flexibility index (Phi) is 3.65. The smallest absolute Gasteiger partial charge is 0.257 e. The number of amides is 1. The number of aromatic nitrogens is 1. The molecule has 2 aliphatic rings. The Morgan fingerprint density at radius 1 is 1.13 bits per heavy atom. The molecule has 4 rings (SSSR count). The van der Waals surface area contributed by atoms with Crippen LogP contribution in [0.3, 0.4) is 0 Å². The van der Waals surface area contributed by atoms with Gasteiger partial charge in [-0.3, -0.25) is 4.79 Å². The molecule has 3 N–H and O–H groups in total. The standard InChI is InChI=1S/C18H18N2O2S/c21-13-3-1-11(2-4-13)14-6-8-20-18(22)17-15(14)9-16(23-17)12-5-7-19-10-12/h1-5,7,10,14,16,19,21H,6,8-9H2,(H,20,22). The van der Waals surface area contributed by atoms with Crippen LogP contribution >= 0.6 is 11.8 Å². The lowest BCUT2D eigenvalue weighted by molar-refractivity contribution is -0.116. The van der Waals surface area contributed by atoms with E-state index in [1.807, 2.05) is 24.5 Å². The summed E-state index contributed by atoms with van der Waals surface area (Å²) in [4.78, 5) is 16.4. The maximum Gasteiger partial charge on any atom is 0.257 e. The summed E-state index contributed by atoms with van der Waals surface area (Å²) in [6.07, 6.45) is 5.74. The molecule has 3 heterocycles. The summed E-state index contributed by atoms with van der Waals surface area (Å²) in [5.74, 6) is 0.571. The van der Waals surface area contributed by atoms with Gasteiger partial charge >= 0.3 is 0 Å². The zero-order valence-corrected chi connectivity index (χ0v) is 13.4. The van der Waals surface area contributed by atoms with Gasteiger partial charge < -0.3 is 15.4 Å². The predicted octanol–water partition coefficient (Wildman–Crippen LogP) is 3.46. The third-order valence-electron chi connectivity index (χ3n) is 4.59. The first-order chi connectivity index (χ1) is 11.2. The number of H-pyrrole nitrogens is 1. The number of aromatic hydroxyl groups is 1. The Morgan fingerprint density at radius 3 is 2.70 bits per heavy atom. The van der Waals surface area contributed by atoms with Gasteiger partial charge in [0.05, 0.1) is 4.91 Å². The van der Waals surface area contributed by atoms with E-state index in [1.54, 1.807) is 23.9 Å². The first-order valence-electron chi connectivity index (χ1n) is 7.82. The number of rotatable bonds is 2. The lowest BCUT2D eigenvalue weighted by Crippen LogP contribution is -2.23. The van der Waals surface area contributed by atoms with Crippen LogP contribution < -0.4 is 5.32 Å². The molecule has 1 aromatic heterocycles. The molecule has 4 nitrogen and oxygen atoms in total. The highest BCUT2D eigenvalue weighted by molar-refractivity contribution is 8.04. The molecule has 1 amide bonds. The highest BCUT2D eigenvalue weighted by Crippen LogP contribution is 2.53. The Labute approximate surface area is 139 Å². The van der Waals surface area contributed by atoms with Crippen molar-refractivity contribution in [2.45, 2.75) is 24.0 Å². The van der Waals surface area contributed by atoms with Gasteiger partial charge in [0.15, 0.2) is 0 Å². The molecule has 2 aliphatic heterocycles. The number of allylic oxidation sites excluding steroid dienone is 1. The summed E-state index contributed by atoms with van der Waals surface area (Å²) in [5, 5.41) is 12.8. The zero-order chi connectivity index (χ0) is 15.8. The van der Waals surface area contributed by atoms with E-state index in [-0.39, 0.29) is 17.6 Å². The summed E-state index contributed by atoms with van der Waals surface area (Å²) in [7, 11) is 0. The van der Waals surface area contributed by atoms with Crippen LogP contribution in [0.1, 0.15) is 35.1 Å². The van der Waals surface area contributed by atoms with Crippen molar-refractivity contribution in [1.82, 2.24) is 10.3 Å². The van der Waals surface area contributed by atoms with Gasteiger partial charge in [-0.25, -0.2) is 0 Å². The average molecular weight is 326 g/mol. The van der Waals surface area contributed by atoms with E-state index in [0.29, 0.717) is 11.8 Å². The van der Waals surface area contributed by atoms with E-state index in [4.69, 9.17) is 0 Å². The third-order valence-corrected chi connectivity index (χ3v) is 6.00. The fraction of sp³-hybridized carbons (Fsp3) is 0.278. The number of nitrogens with one attached hydrogen (secondary N) is 2. The number of carbonyl (C=O) groups excluding carboxylic acids is 1. The van der Waals surface area contributed by atoms with E-state index < -0.39 is 0 Å². The first-order valence-corrected chi connectivity index (χ1v) is 8.70. The van der Waals surface area contributed by atoms with E-state index in [0.717, 1.165) is 17.7 Å². The molecular weight excluding hydrogens is 308 g/mol. The molecule has 0 saturated heterocycles. The molecule has 0 aliphatic carbocycles. The lowest BCUT2D eigenvalue weighted by Gasteiger charge is -2.18. The quantitative estimate of drug-likeness (QED) is 0.792. The molecule has 0 bridgehead atoms. The van der Waals surface area contributed by atoms with Crippen LogP contribution in [0.25, 0.3) is 0 Å². The maximum absolute atomic E-state index is 12.4. The molecule has 0 saturated carbocycles. The van der Waals surface area contributed by atoms with Crippen LogP contribution in [0, 0.1) is 0 Å². The number of thioether (sulfide) groups is 1. The van der Waals surface area contributed by atoms with Gasteiger partial charge in [-0.2, -0.15) is 0 Å². The Morgan fingerprint density at radius 2 is 1.96 bits per heavy atom. The van der Waals surface area contributed by atoms with Crippen molar-refractivity contribution in [3.05, 3.63) is 64.3 Å². The highest BCUT2D eigenvalue weighted by atomic mass is 32.2. The van der Waals surface area contributed by atoms with Crippen molar-refractivity contribution in [3.8, 4) is 5.75 Å². The second-order valence-corrected chi connectivity index (χ2v) is 7.21. The van der Waals surface area contributed by atoms with Gasteiger partial charge in [-0.1, -0.05) is 12.1 Å². The fourth-order valence-corrected chi connectivity index (χ4v) is 4.82. The second-order valence-electron chi connectivity index (χ2n) is 6.00. The Hall–Kier alpha value is -2.14. The largest absolute Gasteiger partial charge is 0.508 e. The van der Waals surface area contributed by atoms with Gasteiger partial charge in [-0.05, 0) is 47.7 Å². The van der Waals surface area contributed by atoms with Crippen molar-refractivity contribution < 1.29 is 9.90 Å². The number of benzene rings is 1. The summed E-state index contributed by atoms with van der Waals surface area (Å²) in [6, 6.07) is 9.46. The lowest BCUT2D eigenvalue weighted by atomic mass is 9.85. The van der Waals surface area contributed by atoms with Gasteiger partial charge in [0.2, 0.25) is 0 Å². The predicted molar refractivity (Wildman–Crippen MR) is 91.2 cm³/mol. The molecule has 2 aromatic rings. The van der Waals surface area contributed by atoms with Crippen molar-refractivity contribution in [2.24, 2.45) is 0 Å². The summed E-state index contributed by atoms with van der Waals surface area (Å²) < 4.78 is 0. The van der Waals surface area contributed by atoms with Gasteiger partial charge in [0.1, 0.15) is 5.75 Å². The molecule has 23 heavy (non-hydrogen) atoms. The van der Waals surface area contributed by atoms with E-state index >= 15 is 0 Å². The van der Waals surface area contributed by atoms with Gasteiger partial charge in [-0.15, -0.1) is 11.8 Å². The average Bonchev–Trinajstić information content (AvgIpc) is 3.19. The molecule has 0 fully saturated rings. The zero-order valence-electron chi connectivity index (χ0n) is 12.6. The van der Waals surface area contributed by atoms with Crippen LogP contribution in [-0.2, 0) is 4.79 Å². The van der Waals surface area contributed by atoms with Crippen molar-refractivity contribution in [2.75, 3.05) is 6.54 Å². The molecule has 118 valence electrons. The molecule has 2 atom stereocenters. The second kappa shape index (κ2) is 5.81. The van der Waals surface area contributed by atoms with Crippen LogP contribution in [0.2, 0.25) is 0 Å². The minimum absolute atomic E-state index is 0.0596. The normalized spacial score (nSPS) is 24.3. The monoisotopic (exact) mass is 326 g/mol. The van der Waals surface area contributed by atoms with Gasteiger partial charge in [0, 0.05) is 30.1 Å². The topological polar surface area (TPSA) is 65.1 Å². The maximum atomic E-state index is 12.4. The molecular formula is C18H18N2O2S. The number of aromatic amines is 1. The summed E-state index contributed by atoms with van der Waals surface area (Å²) in [5.41, 5.74) is 3.64. The van der Waals surface area contributed by atoms with Gasteiger partial charge in [0.25, 0.3) is 5.91 Å². The third kappa shape index (κ3) is 2.65. The van der Waals surface area contributed by atoms with Crippen LogP contribution in [0.4, 0.5) is 0 Å². The minimum Gasteiger partial charge on any atom is -0.508 e. The molecule has 0 radical (unpaired) electrons. The van der Waals surface area contributed by atoms with Crippen LogP contribution in [0.5, 0.6) is 5.75 Å². The summed E-state index contributed by atoms with van der Waals surface area (Å²) >= 11 is 1.67. The number of hydrogen-bond acceptors (Lipinski definition) is 3. The molecule has 5 heteroatoms. The number of phenolic OH excluding ortho intramolecular Hbond substituents is 1.